The maximum absolute atomic E-state index is 14.0. The number of rotatable bonds is 5. The number of para-hydroxylation sites is 2. The van der Waals surface area contributed by atoms with Gasteiger partial charge in [0.05, 0.1) is 5.92 Å². The first kappa shape index (κ1) is 18.4. The molecular formula is C28H23NO. The average Bonchev–Trinajstić information content (AvgIpc) is 3.59. The van der Waals surface area contributed by atoms with E-state index >= 15 is 0 Å². The summed E-state index contributed by atoms with van der Waals surface area (Å²) in [6.45, 7) is 0. The Hall–Kier alpha value is -3.65. The Morgan fingerprint density at radius 3 is 1.37 bits per heavy atom. The fourth-order valence-electron chi connectivity index (χ4n) is 4.55. The van der Waals surface area contributed by atoms with Gasteiger partial charge in [0.2, 0.25) is 5.91 Å². The van der Waals surface area contributed by atoms with E-state index in [0.717, 1.165) is 17.8 Å². The van der Waals surface area contributed by atoms with Gasteiger partial charge in [-0.25, -0.2) is 0 Å². The van der Waals surface area contributed by atoms with E-state index in [9.17, 15) is 4.79 Å². The lowest BCUT2D eigenvalue weighted by Crippen LogP contribution is -2.31. The van der Waals surface area contributed by atoms with Crippen LogP contribution in [0.4, 0.5) is 11.4 Å². The molecule has 30 heavy (non-hydrogen) atoms. The molecule has 0 spiro atoms. The highest BCUT2D eigenvalue weighted by molar-refractivity contribution is 6.04. The Morgan fingerprint density at radius 1 is 0.600 bits per heavy atom. The van der Waals surface area contributed by atoms with E-state index in [4.69, 9.17) is 0 Å². The minimum Gasteiger partial charge on any atom is -0.281 e. The first-order valence-corrected chi connectivity index (χ1v) is 10.4. The van der Waals surface area contributed by atoms with E-state index in [2.05, 4.69) is 48.5 Å². The molecule has 0 unspecified atom stereocenters. The summed E-state index contributed by atoms with van der Waals surface area (Å²) in [5, 5.41) is 0. The smallest absolute Gasteiger partial charge is 0.235 e. The SMILES string of the molecule is O=C([C@H]1CC1(c1ccccc1)c1ccccc1)N(c1ccccc1)c1ccccc1. The van der Waals surface area contributed by atoms with Crippen LogP contribution in [0.1, 0.15) is 17.5 Å². The number of carbonyl (C=O) groups is 1. The summed E-state index contributed by atoms with van der Waals surface area (Å²) in [4.78, 5) is 15.9. The van der Waals surface area contributed by atoms with Gasteiger partial charge >= 0.3 is 0 Å². The largest absolute Gasteiger partial charge is 0.281 e. The van der Waals surface area contributed by atoms with Crippen LogP contribution in [0.2, 0.25) is 0 Å². The topological polar surface area (TPSA) is 20.3 Å². The van der Waals surface area contributed by atoms with Gasteiger partial charge in [0.15, 0.2) is 0 Å². The van der Waals surface area contributed by atoms with Crippen molar-refractivity contribution in [3.63, 3.8) is 0 Å². The molecule has 0 radical (unpaired) electrons. The molecule has 4 aromatic carbocycles. The predicted octanol–water partition coefficient (Wildman–Crippen LogP) is 6.36. The number of hydrogen-bond acceptors (Lipinski definition) is 1. The second-order valence-corrected chi connectivity index (χ2v) is 7.80. The van der Waals surface area contributed by atoms with Crippen molar-refractivity contribution in [3.8, 4) is 0 Å². The molecule has 0 aliphatic heterocycles. The lowest BCUT2D eigenvalue weighted by Gasteiger charge is -2.26. The van der Waals surface area contributed by atoms with Gasteiger partial charge in [0.25, 0.3) is 0 Å². The van der Waals surface area contributed by atoms with Gasteiger partial charge < -0.3 is 0 Å². The molecule has 0 aromatic heterocycles. The van der Waals surface area contributed by atoms with Gasteiger partial charge in [-0.1, -0.05) is 97.1 Å². The standard InChI is InChI=1S/C28H23NO/c30-27(29(24-17-9-3-10-18-24)25-19-11-4-12-20-25)26-21-28(26,22-13-5-1-6-14-22)23-15-7-2-8-16-23/h1-20,26H,21H2/t26-/m1/s1. The van der Waals surface area contributed by atoms with E-state index in [-0.39, 0.29) is 17.2 Å². The van der Waals surface area contributed by atoms with Crippen LogP contribution in [-0.4, -0.2) is 5.91 Å². The molecule has 1 fully saturated rings. The van der Waals surface area contributed by atoms with Crippen LogP contribution < -0.4 is 4.90 Å². The molecule has 0 bridgehead atoms. The van der Waals surface area contributed by atoms with Crippen molar-refractivity contribution in [2.75, 3.05) is 4.90 Å². The summed E-state index contributed by atoms with van der Waals surface area (Å²) in [5.74, 6) is 0.0304. The normalized spacial score (nSPS) is 16.6. The number of hydrogen-bond donors (Lipinski definition) is 0. The third-order valence-corrected chi connectivity index (χ3v) is 6.09. The van der Waals surface area contributed by atoms with E-state index in [1.807, 2.05) is 77.7 Å². The highest BCUT2D eigenvalue weighted by Gasteiger charge is 2.61. The Labute approximate surface area is 177 Å². The first-order valence-electron chi connectivity index (χ1n) is 10.4. The van der Waals surface area contributed by atoms with Gasteiger partial charge in [-0.05, 0) is 41.8 Å². The Morgan fingerprint density at radius 2 is 0.967 bits per heavy atom. The maximum atomic E-state index is 14.0. The second kappa shape index (κ2) is 7.64. The van der Waals surface area contributed by atoms with Crippen molar-refractivity contribution < 1.29 is 4.79 Å². The third-order valence-electron chi connectivity index (χ3n) is 6.09. The monoisotopic (exact) mass is 389 g/mol. The maximum Gasteiger partial charge on any atom is 0.235 e. The highest BCUT2D eigenvalue weighted by atomic mass is 16.2. The van der Waals surface area contributed by atoms with Crippen molar-refractivity contribution in [2.45, 2.75) is 11.8 Å². The van der Waals surface area contributed by atoms with Gasteiger partial charge in [-0.2, -0.15) is 0 Å². The van der Waals surface area contributed by atoms with Gasteiger partial charge in [0.1, 0.15) is 0 Å². The van der Waals surface area contributed by atoms with Crippen LogP contribution in [0.15, 0.2) is 121 Å². The number of benzene rings is 4. The van der Waals surface area contributed by atoms with Crippen LogP contribution in [0.3, 0.4) is 0 Å². The van der Waals surface area contributed by atoms with Crippen molar-refractivity contribution >= 4 is 17.3 Å². The lowest BCUT2D eigenvalue weighted by atomic mass is 9.85. The molecule has 0 N–H and O–H groups in total. The summed E-state index contributed by atoms with van der Waals surface area (Å²) in [6, 6.07) is 40.8. The van der Waals surface area contributed by atoms with Crippen molar-refractivity contribution in [3.05, 3.63) is 132 Å². The van der Waals surface area contributed by atoms with Crippen molar-refractivity contribution in [1.82, 2.24) is 0 Å². The zero-order valence-corrected chi connectivity index (χ0v) is 16.7. The summed E-state index contributed by atoms with van der Waals surface area (Å²) in [5.41, 5.74) is 3.93. The number of amides is 1. The quantitative estimate of drug-likeness (QED) is 0.389. The first-order chi connectivity index (χ1) is 14.8. The number of nitrogens with zero attached hydrogens (tertiary/aromatic N) is 1. The summed E-state index contributed by atoms with van der Waals surface area (Å²) in [6.07, 6.45) is 0.816. The third kappa shape index (κ3) is 3.11. The molecule has 1 amide bonds. The fraction of sp³-hybridized carbons (Fsp3) is 0.107. The van der Waals surface area contributed by atoms with Crippen LogP contribution in [0.5, 0.6) is 0 Å². The summed E-state index contributed by atoms with van der Waals surface area (Å²) < 4.78 is 0. The highest BCUT2D eigenvalue weighted by Crippen LogP contribution is 2.60. The molecule has 0 heterocycles. The number of carbonyl (C=O) groups excluding carboxylic acids is 1. The van der Waals surface area contributed by atoms with Gasteiger partial charge in [-0.3, -0.25) is 9.69 Å². The molecule has 2 heteroatoms. The minimum atomic E-state index is -0.276. The predicted molar refractivity (Wildman–Crippen MR) is 122 cm³/mol. The summed E-state index contributed by atoms with van der Waals surface area (Å²) in [7, 11) is 0. The van der Waals surface area contributed by atoms with Crippen molar-refractivity contribution in [1.29, 1.82) is 0 Å². The van der Waals surface area contributed by atoms with Crippen molar-refractivity contribution in [2.24, 2.45) is 5.92 Å². The number of anilines is 2. The molecule has 0 saturated heterocycles. The fourth-order valence-corrected chi connectivity index (χ4v) is 4.55. The molecule has 1 saturated carbocycles. The molecule has 2 nitrogen and oxygen atoms in total. The molecule has 1 atom stereocenters. The van der Waals surface area contributed by atoms with Gasteiger partial charge in [-0.15, -0.1) is 0 Å². The molecule has 1 aliphatic rings. The Balaban J connectivity index is 1.59. The molecule has 5 rings (SSSR count). The van der Waals surface area contributed by atoms with Crippen LogP contribution in [0.25, 0.3) is 0 Å². The summed E-state index contributed by atoms with van der Waals surface area (Å²) >= 11 is 0. The van der Waals surface area contributed by atoms with E-state index in [0.29, 0.717) is 0 Å². The molecule has 146 valence electrons. The van der Waals surface area contributed by atoms with Crippen LogP contribution in [-0.2, 0) is 10.2 Å². The van der Waals surface area contributed by atoms with E-state index < -0.39 is 0 Å². The lowest BCUT2D eigenvalue weighted by molar-refractivity contribution is -0.119. The van der Waals surface area contributed by atoms with Crippen LogP contribution >= 0.6 is 0 Å². The van der Waals surface area contributed by atoms with E-state index in [1.165, 1.54) is 11.1 Å². The zero-order valence-electron chi connectivity index (χ0n) is 16.7. The minimum absolute atomic E-state index is 0.109. The molecular weight excluding hydrogens is 366 g/mol. The Bertz CT molecular complexity index is 1050. The Kier molecular flexibility index (Phi) is 4.68. The second-order valence-electron chi connectivity index (χ2n) is 7.80. The van der Waals surface area contributed by atoms with E-state index in [1.54, 1.807) is 0 Å². The van der Waals surface area contributed by atoms with Crippen LogP contribution in [0, 0.1) is 5.92 Å². The molecule has 1 aliphatic carbocycles. The molecule has 4 aromatic rings. The van der Waals surface area contributed by atoms with Gasteiger partial charge in [0, 0.05) is 16.8 Å². The zero-order chi connectivity index (χ0) is 20.4. The average molecular weight is 389 g/mol.